The summed E-state index contributed by atoms with van der Waals surface area (Å²) in [4.78, 5) is 12.4. The van der Waals surface area contributed by atoms with E-state index in [1.165, 1.54) is 39.5 Å². The molecule has 0 fully saturated rings. The highest BCUT2D eigenvalue weighted by Crippen LogP contribution is 2.49. The van der Waals surface area contributed by atoms with Gasteiger partial charge >= 0.3 is 0 Å². The SMILES string of the molecule is COc1ccc(C(=O)C=Cc2cc3c(c(OC)c2OC)OCO3)c(O)c1. The molecule has 26 heavy (non-hydrogen) atoms. The molecule has 0 saturated heterocycles. The Balaban J connectivity index is 1.94. The number of phenolic OH excluding ortho intramolecular Hbond substituents is 1. The summed E-state index contributed by atoms with van der Waals surface area (Å²) in [5.41, 5.74) is 0.740. The van der Waals surface area contributed by atoms with Crippen LogP contribution in [-0.4, -0.2) is 39.0 Å². The van der Waals surface area contributed by atoms with Gasteiger partial charge in [0, 0.05) is 11.6 Å². The molecule has 7 heteroatoms. The summed E-state index contributed by atoms with van der Waals surface area (Å²) >= 11 is 0. The smallest absolute Gasteiger partial charge is 0.231 e. The Morgan fingerprint density at radius 3 is 2.50 bits per heavy atom. The Bertz CT molecular complexity index is 871. The van der Waals surface area contributed by atoms with Crippen LogP contribution in [0.4, 0.5) is 0 Å². The number of ketones is 1. The minimum atomic E-state index is -0.371. The zero-order valence-corrected chi connectivity index (χ0v) is 14.6. The van der Waals surface area contributed by atoms with Crippen molar-refractivity contribution in [3.8, 4) is 34.5 Å². The van der Waals surface area contributed by atoms with E-state index < -0.39 is 0 Å². The maximum absolute atomic E-state index is 12.4. The predicted molar refractivity (Wildman–Crippen MR) is 93.7 cm³/mol. The first-order valence-electron chi connectivity index (χ1n) is 7.73. The number of methoxy groups -OCH3 is 3. The fourth-order valence-corrected chi connectivity index (χ4v) is 2.64. The molecule has 0 amide bonds. The summed E-state index contributed by atoms with van der Waals surface area (Å²) in [6, 6.07) is 6.18. The molecule has 7 nitrogen and oxygen atoms in total. The van der Waals surface area contributed by atoms with Crippen LogP contribution in [0.3, 0.4) is 0 Å². The fraction of sp³-hybridized carbons (Fsp3) is 0.211. The van der Waals surface area contributed by atoms with E-state index >= 15 is 0 Å². The van der Waals surface area contributed by atoms with Gasteiger partial charge in [-0.3, -0.25) is 4.79 Å². The number of hydrogen-bond acceptors (Lipinski definition) is 7. The zero-order chi connectivity index (χ0) is 18.7. The quantitative estimate of drug-likeness (QED) is 0.628. The summed E-state index contributed by atoms with van der Waals surface area (Å²) in [5.74, 6) is 1.70. The monoisotopic (exact) mass is 358 g/mol. The number of aromatic hydroxyl groups is 1. The van der Waals surface area contributed by atoms with E-state index in [2.05, 4.69) is 0 Å². The summed E-state index contributed by atoms with van der Waals surface area (Å²) in [7, 11) is 4.47. The van der Waals surface area contributed by atoms with E-state index in [0.29, 0.717) is 34.3 Å². The molecule has 2 aromatic rings. The third-order valence-corrected chi connectivity index (χ3v) is 3.90. The van der Waals surface area contributed by atoms with Gasteiger partial charge < -0.3 is 28.8 Å². The molecule has 0 radical (unpaired) electrons. The number of allylic oxidation sites excluding steroid dienone is 1. The lowest BCUT2D eigenvalue weighted by atomic mass is 10.1. The Labute approximate surface area is 150 Å². The molecule has 0 atom stereocenters. The van der Waals surface area contributed by atoms with Crippen molar-refractivity contribution in [2.45, 2.75) is 0 Å². The molecular weight excluding hydrogens is 340 g/mol. The molecule has 1 aliphatic rings. The number of hydrogen-bond donors (Lipinski definition) is 1. The van der Waals surface area contributed by atoms with Crippen molar-refractivity contribution in [1.29, 1.82) is 0 Å². The number of carbonyl (C=O) groups excluding carboxylic acids is 1. The fourth-order valence-electron chi connectivity index (χ4n) is 2.64. The molecule has 1 heterocycles. The van der Waals surface area contributed by atoms with Crippen LogP contribution in [0.15, 0.2) is 30.3 Å². The number of phenols is 1. The first-order chi connectivity index (χ1) is 12.6. The molecule has 0 unspecified atom stereocenters. The molecule has 0 spiro atoms. The lowest BCUT2D eigenvalue weighted by Crippen LogP contribution is -1.97. The van der Waals surface area contributed by atoms with Crippen molar-refractivity contribution in [2.24, 2.45) is 0 Å². The van der Waals surface area contributed by atoms with Gasteiger partial charge in [-0.05, 0) is 30.4 Å². The van der Waals surface area contributed by atoms with Gasteiger partial charge in [-0.2, -0.15) is 0 Å². The minimum absolute atomic E-state index is 0.0840. The van der Waals surface area contributed by atoms with E-state index in [0.717, 1.165) is 0 Å². The first kappa shape index (κ1) is 17.5. The van der Waals surface area contributed by atoms with Gasteiger partial charge in [-0.1, -0.05) is 0 Å². The van der Waals surface area contributed by atoms with Crippen molar-refractivity contribution in [3.05, 3.63) is 41.5 Å². The highest BCUT2D eigenvalue weighted by molar-refractivity contribution is 6.08. The maximum Gasteiger partial charge on any atom is 0.231 e. The van der Waals surface area contributed by atoms with Gasteiger partial charge in [0.2, 0.25) is 18.3 Å². The second-order valence-corrected chi connectivity index (χ2v) is 5.35. The van der Waals surface area contributed by atoms with E-state index in [-0.39, 0.29) is 23.9 Å². The first-order valence-corrected chi connectivity index (χ1v) is 7.73. The van der Waals surface area contributed by atoms with Crippen LogP contribution in [0.2, 0.25) is 0 Å². The van der Waals surface area contributed by atoms with Gasteiger partial charge in [0.15, 0.2) is 17.3 Å². The number of benzene rings is 2. The molecular formula is C19H18O7. The third-order valence-electron chi connectivity index (χ3n) is 3.90. The zero-order valence-electron chi connectivity index (χ0n) is 14.6. The summed E-state index contributed by atoms with van der Waals surface area (Å²) in [6.45, 7) is 0.0840. The van der Waals surface area contributed by atoms with Crippen LogP contribution < -0.4 is 23.7 Å². The summed E-state index contributed by atoms with van der Waals surface area (Å²) < 4.78 is 26.5. The van der Waals surface area contributed by atoms with E-state index in [1.54, 1.807) is 18.2 Å². The minimum Gasteiger partial charge on any atom is -0.507 e. The molecule has 0 saturated carbocycles. The molecule has 0 bridgehead atoms. The number of carbonyl (C=O) groups is 1. The Hall–Kier alpha value is -3.35. The number of fused-ring (bicyclic) bond motifs is 1. The molecule has 1 N–H and O–H groups in total. The Morgan fingerprint density at radius 2 is 1.85 bits per heavy atom. The molecule has 0 aliphatic carbocycles. The predicted octanol–water partition coefficient (Wildman–Crippen LogP) is 3.04. The second-order valence-electron chi connectivity index (χ2n) is 5.35. The molecule has 3 rings (SSSR count). The van der Waals surface area contributed by atoms with Crippen LogP contribution in [0.5, 0.6) is 34.5 Å². The van der Waals surface area contributed by atoms with Crippen molar-refractivity contribution in [1.82, 2.24) is 0 Å². The van der Waals surface area contributed by atoms with Crippen molar-refractivity contribution >= 4 is 11.9 Å². The van der Waals surface area contributed by atoms with Crippen LogP contribution >= 0.6 is 0 Å². The van der Waals surface area contributed by atoms with Gasteiger partial charge in [-0.15, -0.1) is 0 Å². The van der Waals surface area contributed by atoms with Crippen LogP contribution in [-0.2, 0) is 0 Å². The standard InChI is InChI=1S/C19H18O7/c1-22-12-5-6-13(15(21)9-12)14(20)7-4-11-8-16-18(26-10-25-16)19(24-3)17(11)23-2/h4-9,21H,10H2,1-3H3. The topological polar surface area (TPSA) is 83.5 Å². The van der Waals surface area contributed by atoms with Gasteiger partial charge in [0.05, 0.1) is 26.9 Å². The summed E-state index contributed by atoms with van der Waals surface area (Å²) in [5, 5.41) is 9.98. The Morgan fingerprint density at radius 1 is 1.08 bits per heavy atom. The van der Waals surface area contributed by atoms with Crippen LogP contribution in [0.25, 0.3) is 6.08 Å². The van der Waals surface area contributed by atoms with Gasteiger partial charge in [0.25, 0.3) is 0 Å². The average Bonchev–Trinajstić information content (AvgIpc) is 3.12. The van der Waals surface area contributed by atoms with Crippen molar-refractivity contribution in [2.75, 3.05) is 28.1 Å². The lowest BCUT2D eigenvalue weighted by molar-refractivity contribution is 0.104. The third kappa shape index (κ3) is 3.11. The van der Waals surface area contributed by atoms with E-state index in [1.807, 2.05) is 0 Å². The molecule has 2 aromatic carbocycles. The summed E-state index contributed by atoms with van der Waals surface area (Å²) in [6.07, 6.45) is 2.90. The largest absolute Gasteiger partial charge is 0.507 e. The van der Waals surface area contributed by atoms with E-state index in [4.69, 9.17) is 23.7 Å². The molecule has 0 aromatic heterocycles. The van der Waals surface area contributed by atoms with Crippen LogP contribution in [0, 0.1) is 0 Å². The maximum atomic E-state index is 12.4. The Kier molecular flexibility index (Phi) is 4.88. The molecule has 1 aliphatic heterocycles. The average molecular weight is 358 g/mol. The van der Waals surface area contributed by atoms with Gasteiger partial charge in [0.1, 0.15) is 11.5 Å². The van der Waals surface area contributed by atoms with Gasteiger partial charge in [-0.25, -0.2) is 0 Å². The van der Waals surface area contributed by atoms with Crippen LogP contribution in [0.1, 0.15) is 15.9 Å². The highest BCUT2D eigenvalue weighted by atomic mass is 16.7. The van der Waals surface area contributed by atoms with E-state index in [9.17, 15) is 9.90 Å². The van der Waals surface area contributed by atoms with Crippen molar-refractivity contribution < 1.29 is 33.6 Å². The highest BCUT2D eigenvalue weighted by Gasteiger charge is 2.25. The number of rotatable bonds is 6. The van der Waals surface area contributed by atoms with Crippen molar-refractivity contribution in [3.63, 3.8) is 0 Å². The normalized spacial score (nSPS) is 12.3. The second kappa shape index (κ2) is 7.26. The number of ether oxygens (including phenoxy) is 5. The molecule has 136 valence electrons. The lowest BCUT2D eigenvalue weighted by Gasteiger charge is -2.12.